The Labute approximate surface area is 189 Å². The molecule has 1 amide bonds. The third kappa shape index (κ3) is 4.89. The minimum Gasteiger partial charge on any atom is -0.496 e. The molecule has 0 radical (unpaired) electrons. The first kappa shape index (κ1) is 23.6. The molecular weight excluding hydrogens is 408 g/mol. The largest absolute Gasteiger partial charge is 0.496 e. The van der Waals surface area contributed by atoms with Gasteiger partial charge in [-0.1, -0.05) is 18.2 Å². The second kappa shape index (κ2) is 10.1. The fourth-order valence-electron chi connectivity index (χ4n) is 4.26. The van der Waals surface area contributed by atoms with Gasteiger partial charge >= 0.3 is 5.69 Å². The molecule has 32 heavy (non-hydrogen) atoms. The lowest BCUT2D eigenvalue weighted by Crippen LogP contribution is -2.51. The first-order chi connectivity index (χ1) is 15.2. The Morgan fingerprint density at radius 3 is 2.19 bits per heavy atom. The van der Waals surface area contributed by atoms with Gasteiger partial charge in [0.1, 0.15) is 11.6 Å². The SMILES string of the molecule is COc1ccccc1CCC(=O)N1CCN(c2cc(=O)n(C(C)C)c(=O)n2C(C)C)CC1. The van der Waals surface area contributed by atoms with Gasteiger partial charge in [0, 0.05) is 50.7 Å². The fraction of sp³-hybridized carbons (Fsp3) is 0.542. The number of carbonyl (C=O) groups is 1. The Kier molecular flexibility index (Phi) is 7.43. The van der Waals surface area contributed by atoms with E-state index in [1.54, 1.807) is 17.7 Å². The Morgan fingerprint density at radius 2 is 1.59 bits per heavy atom. The maximum absolute atomic E-state index is 13.0. The minimum atomic E-state index is -0.285. The van der Waals surface area contributed by atoms with E-state index in [4.69, 9.17) is 4.74 Å². The van der Waals surface area contributed by atoms with Crippen molar-refractivity contribution in [1.29, 1.82) is 0 Å². The quantitative estimate of drug-likeness (QED) is 0.658. The number of carbonyl (C=O) groups excluding carboxylic acids is 1. The van der Waals surface area contributed by atoms with Crippen LogP contribution in [0.15, 0.2) is 39.9 Å². The van der Waals surface area contributed by atoms with Gasteiger partial charge in [-0.3, -0.25) is 18.7 Å². The average Bonchev–Trinajstić information content (AvgIpc) is 2.76. The van der Waals surface area contributed by atoms with Crippen molar-refractivity contribution in [2.45, 2.75) is 52.6 Å². The topological polar surface area (TPSA) is 76.8 Å². The number of aromatic nitrogens is 2. The molecule has 1 aromatic heterocycles. The highest BCUT2D eigenvalue weighted by molar-refractivity contribution is 5.77. The molecule has 0 atom stereocenters. The monoisotopic (exact) mass is 442 g/mol. The molecule has 0 bridgehead atoms. The highest BCUT2D eigenvalue weighted by atomic mass is 16.5. The van der Waals surface area contributed by atoms with Crippen molar-refractivity contribution in [3.63, 3.8) is 0 Å². The summed E-state index contributed by atoms with van der Waals surface area (Å²) < 4.78 is 8.35. The van der Waals surface area contributed by atoms with E-state index in [1.165, 1.54) is 4.57 Å². The lowest BCUT2D eigenvalue weighted by Gasteiger charge is -2.37. The average molecular weight is 443 g/mol. The molecule has 1 aliphatic heterocycles. The van der Waals surface area contributed by atoms with Crippen LogP contribution in [0.5, 0.6) is 5.75 Å². The van der Waals surface area contributed by atoms with E-state index in [0.717, 1.165) is 11.3 Å². The van der Waals surface area contributed by atoms with Gasteiger partial charge in [0.15, 0.2) is 0 Å². The number of methoxy groups -OCH3 is 1. The Balaban J connectivity index is 1.70. The number of anilines is 1. The van der Waals surface area contributed by atoms with Gasteiger partial charge in [-0.15, -0.1) is 0 Å². The van der Waals surface area contributed by atoms with Crippen molar-refractivity contribution in [1.82, 2.24) is 14.0 Å². The van der Waals surface area contributed by atoms with Crippen molar-refractivity contribution in [3.05, 3.63) is 56.7 Å². The number of hydrogen-bond acceptors (Lipinski definition) is 5. The van der Waals surface area contributed by atoms with Crippen molar-refractivity contribution in [3.8, 4) is 5.75 Å². The predicted octanol–water partition coefficient (Wildman–Crippen LogP) is 2.46. The van der Waals surface area contributed by atoms with Crippen LogP contribution >= 0.6 is 0 Å². The van der Waals surface area contributed by atoms with Gasteiger partial charge in [-0.25, -0.2) is 4.79 Å². The van der Waals surface area contributed by atoms with Crippen LogP contribution in [0.1, 0.15) is 51.8 Å². The summed E-state index contributed by atoms with van der Waals surface area (Å²) in [4.78, 5) is 42.3. The molecule has 3 rings (SSSR count). The van der Waals surface area contributed by atoms with Crippen LogP contribution in [0, 0.1) is 0 Å². The summed E-state index contributed by atoms with van der Waals surface area (Å²) in [5, 5.41) is 0. The number of aryl methyl sites for hydroxylation is 1. The third-order valence-corrected chi connectivity index (χ3v) is 5.94. The predicted molar refractivity (Wildman–Crippen MR) is 126 cm³/mol. The van der Waals surface area contributed by atoms with Gasteiger partial charge in [-0.05, 0) is 45.7 Å². The lowest BCUT2D eigenvalue weighted by atomic mass is 10.1. The highest BCUT2D eigenvalue weighted by Gasteiger charge is 2.25. The summed E-state index contributed by atoms with van der Waals surface area (Å²) in [5.74, 6) is 1.54. The van der Waals surface area contributed by atoms with E-state index >= 15 is 0 Å². The number of benzene rings is 1. The molecule has 0 unspecified atom stereocenters. The summed E-state index contributed by atoms with van der Waals surface area (Å²) in [6, 6.07) is 9.02. The van der Waals surface area contributed by atoms with Crippen molar-refractivity contribution in [2.75, 3.05) is 38.2 Å². The number of piperazine rings is 1. The van der Waals surface area contributed by atoms with E-state index in [0.29, 0.717) is 44.8 Å². The summed E-state index contributed by atoms with van der Waals surface area (Å²) in [6.45, 7) is 9.84. The number of para-hydroxylation sites is 1. The lowest BCUT2D eigenvalue weighted by molar-refractivity contribution is -0.131. The summed E-state index contributed by atoms with van der Waals surface area (Å²) in [6.07, 6.45) is 1.05. The molecule has 8 heteroatoms. The molecule has 0 spiro atoms. The van der Waals surface area contributed by atoms with Crippen LogP contribution in [0.25, 0.3) is 0 Å². The molecule has 8 nitrogen and oxygen atoms in total. The minimum absolute atomic E-state index is 0.0800. The Morgan fingerprint density at radius 1 is 0.969 bits per heavy atom. The van der Waals surface area contributed by atoms with Crippen LogP contribution in [0.4, 0.5) is 5.82 Å². The van der Waals surface area contributed by atoms with Crippen LogP contribution in [0.2, 0.25) is 0 Å². The Hall–Kier alpha value is -3.03. The standard InChI is InChI=1S/C24H34N4O4/c1-17(2)27-21(16-23(30)28(18(3)4)24(27)31)25-12-14-26(15-13-25)22(29)11-10-19-8-6-7-9-20(19)32-5/h6-9,16-18H,10-15H2,1-5H3. The molecular formula is C24H34N4O4. The molecule has 1 aromatic carbocycles. The van der Waals surface area contributed by atoms with E-state index < -0.39 is 0 Å². The van der Waals surface area contributed by atoms with E-state index in [-0.39, 0.29) is 29.2 Å². The van der Waals surface area contributed by atoms with Gasteiger partial charge in [0.05, 0.1) is 7.11 Å². The molecule has 0 N–H and O–H groups in total. The molecule has 2 aromatic rings. The molecule has 0 aliphatic carbocycles. The third-order valence-electron chi connectivity index (χ3n) is 5.94. The van der Waals surface area contributed by atoms with Crippen molar-refractivity contribution in [2.24, 2.45) is 0 Å². The smallest absolute Gasteiger partial charge is 0.333 e. The van der Waals surface area contributed by atoms with Crippen molar-refractivity contribution < 1.29 is 9.53 Å². The van der Waals surface area contributed by atoms with Crippen LogP contribution in [-0.4, -0.2) is 53.2 Å². The second-order valence-electron chi connectivity index (χ2n) is 8.73. The summed E-state index contributed by atoms with van der Waals surface area (Å²) in [5.41, 5.74) is 0.452. The van der Waals surface area contributed by atoms with Gasteiger partial charge in [0.25, 0.3) is 5.56 Å². The number of hydrogen-bond donors (Lipinski definition) is 0. The zero-order valence-electron chi connectivity index (χ0n) is 19.7. The van der Waals surface area contributed by atoms with Gasteiger partial charge < -0.3 is 14.5 Å². The van der Waals surface area contributed by atoms with Crippen LogP contribution < -0.4 is 20.9 Å². The van der Waals surface area contributed by atoms with E-state index in [2.05, 4.69) is 0 Å². The second-order valence-corrected chi connectivity index (χ2v) is 8.73. The van der Waals surface area contributed by atoms with Gasteiger partial charge in [0.2, 0.25) is 5.91 Å². The fourth-order valence-corrected chi connectivity index (χ4v) is 4.26. The molecule has 2 heterocycles. The number of amides is 1. The number of nitrogens with zero attached hydrogens (tertiary/aromatic N) is 4. The van der Waals surface area contributed by atoms with Crippen LogP contribution in [0.3, 0.4) is 0 Å². The molecule has 1 aliphatic rings. The number of ether oxygens (including phenoxy) is 1. The maximum Gasteiger partial charge on any atom is 0.333 e. The highest BCUT2D eigenvalue weighted by Crippen LogP contribution is 2.21. The zero-order valence-corrected chi connectivity index (χ0v) is 19.7. The summed E-state index contributed by atoms with van der Waals surface area (Å²) in [7, 11) is 1.64. The first-order valence-corrected chi connectivity index (χ1v) is 11.3. The molecule has 1 fully saturated rings. The molecule has 1 saturated heterocycles. The van der Waals surface area contributed by atoms with Crippen LogP contribution in [-0.2, 0) is 11.2 Å². The van der Waals surface area contributed by atoms with Gasteiger partial charge in [-0.2, -0.15) is 0 Å². The maximum atomic E-state index is 13.0. The number of rotatable bonds is 7. The first-order valence-electron chi connectivity index (χ1n) is 11.3. The zero-order chi connectivity index (χ0) is 23.4. The molecule has 0 saturated carbocycles. The normalized spacial score (nSPS) is 14.3. The Bertz CT molecular complexity index is 1060. The molecule has 174 valence electrons. The van der Waals surface area contributed by atoms with E-state index in [9.17, 15) is 14.4 Å². The van der Waals surface area contributed by atoms with Crippen molar-refractivity contribution >= 4 is 11.7 Å². The van der Waals surface area contributed by atoms with E-state index in [1.807, 2.05) is 61.8 Å². The summed E-state index contributed by atoms with van der Waals surface area (Å²) >= 11 is 0.